The minimum atomic E-state index is 0.244. The molecule has 0 N–H and O–H groups in total. The number of nitrogens with zero attached hydrogens (tertiary/aromatic N) is 5. The van der Waals surface area contributed by atoms with E-state index in [1.165, 1.54) is 0 Å². The smallest absolute Gasteiger partial charge is 0.226 e. The molecule has 2 aromatic rings. The van der Waals surface area contributed by atoms with Crippen LogP contribution < -0.4 is 4.90 Å². The number of aryl methyl sites for hydroxylation is 3. The number of amides is 1. The molecule has 2 atom stereocenters. The van der Waals surface area contributed by atoms with Crippen LogP contribution in [-0.4, -0.2) is 50.9 Å². The Morgan fingerprint density at radius 3 is 2.48 bits per heavy atom. The van der Waals surface area contributed by atoms with Gasteiger partial charge in [-0.25, -0.2) is 15.0 Å². The molecule has 132 valence electrons. The zero-order valence-electron chi connectivity index (χ0n) is 14.7. The molecule has 0 aromatic carbocycles. The highest BCUT2D eigenvalue weighted by Crippen LogP contribution is 2.33. The number of anilines is 1. The molecule has 4 heterocycles. The minimum Gasteiger partial charge on any atom is -0.339 e. The van der Waals surface area contributed by atoms with Crippen molar-refractivity contribution >= 4 is 23.2 Å². The number of rotatable bonds is 4. The maximum absolute atomic E-state index is 12.6. The molecule has 25 heavy (non-hydrogen) atoms. The van der Waals surface area contributed by atoms with E-state index in [0.717, 1.165) is 54.7 Å². The van der Waals surface area contributed by atoms with E-state index < -0.39 is 0 Å². The van der Waals surface area contributed by atoms with Gasteiger partial charge in [-0.2, -0.15) is 0 Å². The topological polar surface area (TPSA) is 62.2 Å². The summed E-state index contributed by atoms with van der Waals surface area (Å²) in [6, 6.07) is 2.68. The van der Waals surface area contributed by atoms with E-state index in [1.807, 2.05) is 30.2 Å². The number of carbonyl (C=O) groups excluding carboxylic acids is 1. The quantitative estimate of drug-likeness (QED) is 0.841. The second-order valence-corrected chi connectivity index (χ2v) is 7.95. The van der Waals surface area contributed by atoms with E-state index >= 15 is 0 Å². The molecule has 7 heteroatoms. The SMILES string of the molecule is Cc1cc(C)nc(N2C3CCC2CN(C(=O)CCc2nccs2)C3)n1. The first kappa shape index (κ1) is 16.4. The van der Waals surface area contributed by atoms with Crippen LogP contribution in [0.4, 0.5) is 5.95 Å². The molecule has 0 radical (unpaired) electrons. The van der Waals surface area contributed by atoms with E-state index in [2.05, 4.69) is 19.9 Å². The molecule has 0 aliphatic carbocycles. The first-order chi connectivity index (χ1) is 12.1. The Morgan fingerprint density at radius 2 is 1.88 bits per heavy atom. The summed E-state index contributed by atoms with van der Waals surface area (Å²) in [5, 5.41) is 3.00. The maximum Gasteiger partial charge on any atom is 0.226 e. The summed E-state index contributed by atoms with van der Waals surface area (Å²) >= 11 is 1.62. The summed E-state index contributed by atoms with van der Waals surface area (Å²) in [4.78, 5) is 30.6. The number of hydrogen-bond acceptors (Lipinski definition) is 6. The highest BCUT2D eigenvalue weighted by molar-refractivity contribution is 7.09. The fourth-order valence-corrected chi connectivity index (χ4v) is 4.62. The zero-order chi connectivity index (χ0) is 17.4. The molecular formula is C18H23N5OS. The lowest BCUT2D eigenvalue weighted by molar-refractivity contribution is -0.132. The Balaban J connectivity index is 1.43. The fourth-order valence-electron chi connectivity index (χ4n) is 4.00. The summed E-state index contributed by atoms with van der Waals surface area (Å²) in [5.41, 5.74) is 2.01. The highest BCUT2D eigenvalue weighted by Gasteiger charge is 2.42. The molecule has 2 aromatic heterocycles. The average Bonchev–Trinajstić information content (AvgIpc) is 3.17. The molecule has 2 aliphatic heterocycles. The van der Waals surface area contributed by atoms with Gasteiger partial charge >= 0.3 is 0 Å². The Labute approximate surface area is 151 Å². The Hall–Kier alpha value is -2.02. The predicted molar refractivity (Wildman–Crippen MR) is 97.8 cm³/mol. The van der Waals surface area contributed by atoms with Gasteiger partial charge in [0.25, 0.3) is 0 Å². The van der Waals surface area contributed by atoms with E-state index in [9.17, 15) is 4.79 Å². The van der Waals surface area contributed by atoms with E-state index in [4.69, 9.17) is 0 Å². The van der Waals surface area contributed by atoms with Crippen LogP contribution in [0, 0.1) is 13.8 Å². The van der Waals surface area contributed by atoms with Gasteiger partial charge in [-0.3, -0.25) is 4.79 Å². The van der Waals surface area contributed by atoms with Gasteiger partial charge in [0, 0.05) is 61.0 Å². The summed E-state index contributed by atoms with van der Waals surface area (Å²) < 4.78 is 0. The number of aromatic nitrogens is 3. The molecule has 2 fully saturated rings. The molecule has 2 unspecified atom stereocenters. The van der Waals surface area contributed by atoms with Crippen molar-refractivity contribution in [3.8, 4) is 0 Å². The van der Waals surface area contributed by atoms with Crippen LogP contribution >= 0.6 is 11.3 Å². The number of hydrogen-bond donors (Lipinski definition) is 0. The molecule has 1 amide bonds. The van der Waals surface area contributed by atoms with Gasteiger partial charge in [0.1, 0.15) is 0 Å². The molecule has 4 rings (SSSR count). The molecule has 0 spiro atoms. The van der Waals surface area contributed by atoms with Crippen molar-refractivity contribution in [1.82, 2.24) is 19.9 Å². The van der Waals surface area contributed by atoms with Crippen LogP contribution in [-0.2, 0) is 11.2 Å². The van der Waals surface area contributed by atoms with Crippen molar-refractivity contribution < 1.29 is 4.79 Å². The Kier molecular flexibility index (Phi) is 4.41. The van der Waals surface area contributed by atoms with Gasteiger partial charge < -0.3 is 9.80 Å². The third-order valence-electron chi connectivity index (χ3n) is 5.07. The summed E-state index contributed by atoms with van der Waals surface area (Å²) in [7, 11) is 0. The first-order valence-electron chi connectivity index (χ1n) is 8.87. The van der Waals surface area contributed by atoms with Crippen LogP contribution in [0.5, 0.6) is 0 Å². The average molecular weight is 357 g/mol. The van der Waals surface area contributed by atoms with Crippen molar-refractivity contribution in [3.05, 3.63) is 34.0 Å². The van der Waals surface area contributed by atoms with Crippen molar-refractivity contribution in [2.45, 2.75) is 51.6 Å². The van der Waals surface area contributed by atoms with Gasteiger partial charge in [-0.15, -0.1) is 11.3 Å². The minimum absolute atomic E-state index is 0.244. The molecular weight excluding hydrogens is 334 g/mol. The lowest BCUT2D eigenvalue weighted by Gasteiger charge is -2.41. The summed E-state index contributed by atoms with van der Waals surface area (Å²) in [5.74, 6) is 1.08. The monoisotopic (exact) mass is 357 g/mol. The van der Waals surface area contributed by atoms with Gasteiger partial charge in [0.15, 0.2) is 0 Å². The van der Waals surface area contributed by atoms with Gasteiger partial charge in [0.2, 0.25) is 11.9 Å². The standard InChI is InChI=1S/C18H23N5OS/c1-12-9-13(2)21-18(20-12)23-14-3-4-15(23)11-22(10-14)17(24)6-5-16-19-7-8-25-16/h7-9,14-15H,3-6,10-11H2,1-2H3. The van der Waals surface area contributed by atoms with Crippen LogP contribution in [0.25, 0.3) is 0 Å². The second kappa shape index (κ2) is 6.71. The zero-order valence-corrected chi connectivity index (χ0v) is 15.5. The third-order valence-corrected chi connectivity index (χ3v) is 5.91. The van der Waals surface area contributed by atoms with E-state index in [1.54, 1.807) is 17.5 Å². The number of carbonyl (C=O) groups is 1. The lowest BCUT2D eigenvalue weighted by Crippen LogP contribution is -2.56. The molecule has 2 saturated heterocycles. The molecule has 2 aliphatic rings. The molecule has 0 saturated carbocycles. The van der Waals surface area contributed by atoms with E-state index in [-0.39, 0.29) is 5.91 Å². The third kappa shape index (κ3) is 3.38. The van der Waals surface area contributed by atoms with Crippen molar-refractivity contribution in [1.29, 1.82) is 0 Å². The Morgan fingerprint density at radius 1 is 1.20 bits per heavy atom. The van der Waals surface area contributed by atoms with E-state index in [0.29, 0.717) is 18.5 Å². The van der Waals surface area contributed by atoms with Gasteiger partial charge in [-0.1, -0.05) is 0 Å². The number of thiazole rings is 1. The summed E-state index contributed by atoms with van der Waals surface area (Å²) in [6.45, 7) is 5.59. The normalized spacial score (nSPS) is 22.5. The van der Waals surface area contributed by atoms with Crippen molar-refractivity contribution in [3.63, 3.8) is 0 Å². The fraction of sp³-hybridized carbons (Fsp3) is 0.556. The Bertz CT molecular complexity index is 729. The first-order valence-corrected chi connectivity index (χ1v) is 9.75. The number of likely N-dealkylation sites (tertiary alicyclic amines) is 1. The van der Waals surface area contributed by atoms with Gasteiger partial charge in [-0.05, 0) is 32.8 Å². The predicted octanol–water partition coefficient (Wildman–Crippen LogP) is 2.36. The molecule has 2 bridgehead atoms. The largest absolute Gasteiger partial charge is 0.339 e. The lowest BCUT2D eigenvalue weighted by atomic mass is 10.1. The van der Waals surface area contributed by atoms with Crippen LogP contribution in [0.1, 0.15) is 35.7 Å². The van der Waals surface area contributed by atoms with Crippen molar-refractivity contribution in [2.75, 3.05) is 18.0 Å². The van der Waals surface area contributed by atoms with Crippen LogP contribution in [0.2, 0.25) is 0 Å². The number of piperazine rings is 1. The molecule has 6 nitrogen and oxygen atoms in total. The van der Waals surface area contributed by atoms with Crippen molar-refractivity contribution in [2.24, 2.45) is 0 Å². The van der Waals surface area contributed by atoms with Crippen LogP contribution in [0.3, 0.4) is 0 Å². The highest BCUT2D eigenvalue weighted by atomic mass is 32.1. The van der Waals surface area contributed by atoms with Gasteiger partial charge in [0.05, 0.1) is 5.01 Å². The summed E-state index contributed by atoms with van der Waals surface area (Å²) in [6.07, 6.45) is 5.31. The second-order valence-electron chi connectivity index (χ2n) is 6.97. The number of fused-ring (bicyclic) bond motifs is 2. The van der Waals surface area contributed by atoms with Crippen LogP contribution in [0.15, 0.2) is 17.6 Å². The maximum atomic E-state index is 12.6.